The molecule has 0 aromatic carbocycles. The van der Waals surface area contributed by atoms with Gasteiger partial charge in [0.25, 0.3) is 5.91 Å². The molecule has 1 saturated carbocycles. The van der Waals surface area contributed by atoms with Crippen LogP contribution in [0.25, 0.3) is 11.2 Å². The molecule has 7 nitrogen and oxygen atoms in total. The molecule has 2 heterocycles. The Bertz CT molecular complexity index is 938. The van der Waals surface area contributed by atoms with Crippen LogP contribution in [0, 0.1) is 11.3 Å². The van der Waals surface area contributed by atoms with Crippen LogP contribution in [-0.2, 0) is 4.79 Å². The smallest absolute Gasteiger partial charge is 0.251 e. The molecule has 2 aromatic rings. The number of H-pyrrole nitrogens is 1. The van der Waals surface area contributed by atoms with E-state index in [1.165, 1.54) is 6.33 Å². The van der Waals surface area contributed by atoms with Crippen molar-refractivity contribution in [2.45, 2.75) is 65.0 Å². The molecule has 7 heteroatoms. The van der Waals surface area contributed by atoms with Gasteiger partial charge in [0, 0.05) is 17.7 Å². The molecule has 2 aliphatic rings. The second-order valence-electron chi connectivity index (χ2n) is 9.23. The van der Waals surface area contributed by atoms with E-state index in [4.69, 9.17) is 0 Å². The van der Waals surface area contributed by atoms with Gasteiger partial charge in [-0.05, 0) is 43.4 Å². The van der Waals surface area contributed by atoms with Gasteiger partial charge in [0.1, 0.15) is 11.8 Å². The normalized spacial score (nSPS) is 24.9. The number of anilines is 1. The Balaban J connectivity index is 1.34. The standard InChI is InChI=1S/C22H30N6O/c1-22(2,3)15-9-7-14(8-10-15)21(29)28-17-6-4-5-16(11-17)27-20-18-19(24-12-23-18)25-13-26-20/h7-9,12-13,15-17H,4-6,10-11H2,1-3H3,(H,28,29)(H2,23,24,25,26,27). The van der Waals surface area contributed by atoms with Gasteiger partial charge in [-0.2, -0.15) is 0 Å². The number of amides is 1. The topological polar surface area (TPSA) is 95.6 Å². The first-order valence-electron chi connectivity index (χ1n) is 10.5. The highest BCUT2D eigenvalue weighted by atomic mass is 16.1. The first-order chi connectivity index (χ1) is 13.9. The van der Waals surface area contributed by atoms with Crippen molar-refractivity contribution in [1.82, 2.24) is 25.3 Å². The molecule has 1 fully saturated rings. The Kier molecular flexibility index (Phi) is 5.39. The summed E-state index contributed by atoms with van der Waals surface area (Å²) in [7, 11) is 0. The minimum atomic E-state index is 0.0391. The zero-order valence-electron chi connectivity index (χ0n) is 17.4. The fraction of sp³-hybridized carbons (Fsp3) is 0.545. The summed E-state index contributed by atoms with van der Waals surface area (Å²) < 4.78 is 0. The quantitative estimate of drug-likeness (QED) is 0.734. The molecule has 3 atom stereocenters. The number of hydrogen-bond donors (Lipinski definition) is 3. The van der Waals surface area contributed by atoms with E-state index < -0.39 is 0 Å². The van der Waals surface area contributed by atoms with E-state index in [9.17, 15) is 4.79 Å². The Hall–Kier alpha value is -2.70. The molecule has 3 unspecified atom stereocenters. The third kappa shape index (κ3) is 4.49. The molecule has 1 amide bonds. The van der Waals surface area contributed by atoms with Crippen LogP contribution < -0.4 is 10.6 Å². The molecule has 0 aliphatic heterocycles. The average Bonchev–Trinajstić information content (AvgIpc) is 3.18. The largest absolute Gasteiger partial charge is 0.365 e. The zero-order valence-corrected chi connectivity index (χ0v) is 17.4. The van der Waals surface area contributed by atoms with E-state index in [-0.39, 0.29) is 23.4 Å². The number of carbonyl (C=O) groups is 1. The van der Waals surface area contributed by atoms with Crippen LogP contribution in [0.4, 0.5) is 5.82 Å². The number of carbonyl (C=O) groups excluding carboxylic acids is 1. The van der Waals surface area contributed by atoms with Crippen LogP contribution in [-0.4, -0.2) is 37.9 Å². The van der Waals surface area contributed by atoms with Crippen LogP contribution >= 0.6 is 0 Å². The van der Waals surface area contributed by atoms with Crippen molar-refractivity contribution in [3.63, 3.8) is 0 Å². The molecule has 29 heavy (non-hydrogen) atoms. The van der Waals surface area contributed by atoms with Gasteiger partial charge in [0.2, 0.25) is 0 Å². The zero-order chi connectivity index (χ0) is 20.4. The van der Waals surface area contributed by atoms with Crippen molar-refractivity contribution in [3.05, 3.63) is 36.5 Å². The van der Waals surface area contributed by atoms with Gasteiger partial charge in [0.15, 0.2) is 11.5 Å². The number of hydrogen-bond acceptors (Lipinski definition) is 5. The van der Waals surface area contributed by atoms with Crippen molar-refractivity contribution in [1.29, 1.82) is 0 Å². The van der Waals surface area contributed by atoms with Crippen molar-refractivity contribution in [3.8, 4) is 0 Å². The van der Waals surface area contributed by atoms with Gasteiger partial charge in [-0.1, -0.05) is 39.0 Å². The molecule has 154 valence electrons. The molecule has 0 spiro atoms. The van der Waals surface area contributed by atoms with Crippen LogP contribution in [0.3, 0.4) is 0 Å². The number of aromatic nitrogens is 4. The van der Waals surface area contributed by atoms with Crippen molar-refractivity contribution in [2.75, 3.05) is 5.32 Å². The highest BCUT2D eigenvalue weighted by Gasteiger charge is 2.27. The SMILES string of the molecule is CC(C)(C)C1C=CC(C(=O)NC2CCCC(Nc3ncnc4nc[nH]c34)C2)=CC1. The Morgan fingerprint density at radius 1 is 1.17 bits per heavy atom. The van der Waals surface area contributed by atoms with E-state index in [1.54, 1.807) is 6.33 Å². The highest BCUT2D eigenvalue weighted by Crippen LogP contribution is 2.33. The number of allylic oxidation sites excluding steroid dienone is 2. The summed E-state index contributed by atoms with van der Waals surface area (Å²) in [6, 6.07) is 0.430. The van der Waals surface area contributed by atoms with E-state index in [0.29, 0.717) is 11.6 Å². The summed E-state index contributed by atoms with van der Waals surface area (Å²) in [6.07, 6.45) is 14.4. The number of aromatic amines is 1. The first kappa shape index (κ1) is 19.6. The lowest BCUT2D eigenvalue weighted by molar-refractivity contribution is -0.118. The molecule has 0 bridgehead atoms. The molecule has 0 saturated heterocycles. The van der Waals surface area contributed by atoms with Crippen molar-refractivity contribution >= 4 is 22.9 Å². The summed E-state index contributed by atoms with van der Waals surface area (Å²) >= 11 is 0. The Labute approximate surface area is 171 Å². The first-order valence-corrected chi connectivity index (χ1v) is 10.5. The van der Waals surface area contributed by atoms with Gasteiger partial charge in [0.05, 0.1) is 6.33 Å². The van der Waals surface area contributed by atoms with Crippen LogP contribution in [0.5, 0.6) is 0 Å². The van der Waals surface area contributed by atoms with E-state index in [1.807, 2.05) is 6.08 Å². The van der Waals surface area contributed by atoms with Crippen molar-refractivity contribution < 1.29 is 4.79 Å². The number of fused-ring (bicyclic) bond motifs is 1. The van der Waals surface area contributed by atoms with Gasteiger partial charge in [-0.15, -0.1) is 0 Å². The summed E-state index contributed by atoms with van der Waals surface area (Å²) in [4.78, 5) is 28.5. The minimum Gasteiger partial charge on any atom is -0.365 e. The fourth-order valence-electron chi connectivity index (χ4n) is 4.22. The van der Waals surface area contributed by atoms with Gasteiger partial charge < -0.3 is 15.6 Å². The maximum atomic E-state index is 12.7. The maximum absolute atomic E-state index is 12.7. The van der Waals surface area contributed by atoms with Gasteiger partial charge in [-0.25, -0.2) is 15.0 Å². The van der Waals surface area contributed by atoms with Crippen LogP contribution in [0.1, 0.15) is 52.9 Å². The number of rotatable bonds is 4. The summed E-state index contributed by atoms with van der Waals surface area (Å²) in [6.45, 7) is 6.72. The second kappa shape index (κ2) is 7.97. The fourth-order valence-corrected chi connectivity index (χ4v) is 4.22. The van der Waals surface area contributed by atoms with E-state index in [0.717, 1.165) is 49.0 Å². The molecule has 0 radical (unpaired) electrons. The predicted octanol–water partition coefficient (Wildman–Crippen LogP) is 3.74. The van der Waals surface area contributed by atoms with Crippen LogP contribution in [0.2, 0.25) is 0 Å². The molecular weight excluding hydrogens is 364 g/mol. The predicted molar refractivity (Wildman–Crippen MR) is 114 cm³/mol. The summed E-state index contributed by atoms with van der Waals surface area (Å²) in [5, 5.41) is 6.75. The molecule has 2 aromatic heterocycles. The molecular formula is C22H30N6O. The lowest BCUT2D eigenvalue weighted by atomic mass is 9.76. The van der Waals surface area contributed by atoms with Gasteiger partial charge in [-0.3, -0.25) is 4.79 Å². The summed E-state index contributed by atoms with van der Waals surface area (Å²) in [5.74, 6) is 1.29. The third-order valence-corrected chi connectivity index (χ3v) is 6.05. The molecule has 4 rings (SSSR count). The summed E-state index contributed by atoms with van der Waals surface area (Å²) in [5.41, 5.74) is 2.49. The molecule has 2 aliphatic carbocycles. The lowest BCUT2D eigenvalue weighted by Gasteiger charge is -2.32. The van der Waals surface area contributed by atoms with E-state index >= 15 is 0 Å². The van der Waals surface area contributed by atoms with E-state index in [2.05, 4.69) is 63.5 Å². The maximum Gasteiger partial charge on any atom is 0.251 e. The average molecular weight is 395 g/mol. The number of nitrogens with one attached hydrogen (secondary N) is 3. The lowest BCUT2D eigenvalue weighted by Crippen LogP contribution is -2.42. The van der Waals surface area contributed by atoms with Crippen molar-refractivity contribution in [2.24, 2.45) is 11.3 Å². The highest BCUT2D eigenvalue weighted by molar-refractivity contribution is 5.96. The number of nitrogens with zero attached hydrogens (tertiary/aromatic N) is 3. The van der Waals surface area contributed by atoms with Crippen LogP contribution in [0.15, 0.2) is 36.5 Å². The molecule has 3 N–H and O–H groups in total. The minimum absolute atomic E-state index is 0.0391. The third-order valence-electron chi connectivity index (χ3n) is 6.05. The van der Waals surface area contributed by atoms with Gasteiger partial charge >= 0.3 is 0 Å². The Morgan fingerprint density at radius 2 is 2.00 bits per heavy atom. The Morgan fingerprint density at radius 3 is 2.76 bits per heavy atom. The monoisotopic (exact) mass is 394 g/mol. The second-order valence-corrected chi connectivity index (χ2v) is 9.23. The number of imidazole rings is 1.